The minimum Gasteiger partial charge on any atom is -0.351 e. The summed E-state index contributed by atoms with van der Waals surface area (Å²) >= 11 is 0. The van der Waals surface area contributed by atoms with E-state index in [1.807, 2.05) is 19.1 Å². The van der Waals surface area contributed by atoms with Crippen molar-refractivity contribution in [1.29, 1.82) is 0 Å². The minimum atomic E-state index is -4.35. The van der Waals surface area contributed by atoms with Gasteiger partial charge in [-0.2, -0.15) is 13.2 Å². The van der Waals surface area contributed by atoms with Crippen molar-refractivity contribution in [3.63, 3.8) is 0 Å². The fraction of sp³-hybridized carbons (Fsp3) is 0.333. The molecular weight excluding hydrogens is 456 g/mol. The molecule has 0 aliphatic heterocycles. The summed E-state index contributed by atoms with van der Waals surface area (Å²) in [6.07, 6.45) is -2.64. The van der Waals surface area contributed by atoms with Crippen LogP contribution in [0.2, 0.25) is 0 Å². The van der Waals surface area contributed by atoms with E-state index in [4.69, 9.17) is 0 Å². The SMILES string of the molecule is CN=C(NCc1ncccc1C)NC(C)c1cccc(C(F)(F)F)c1.I. The van der Waals surface area contributed by atoms with E-state index in [9.17, 15) is 13.2 Å². The molecule has 8 heteroatoms. The van der Waals surface area contributed by atoms with Crippen molar-refractivity contribution >= 4 is 29.9 Å². The van der Waals surface area contributed by atoms with Crippen LogP contribution < -0.4 is 10.6 Å². The van der Waals surface area contributed by atoms with Gasteiger partial charge in [0.25, 0.3) is 0 Å². The quantitative estimate of drug-likeness (QED) is 0.388. The number of nitrogens with zero attached hydrogens (tertiary/aromatic N) is 2. The third-order valence-corrected chi connectivity index (χ3v) is 3.83. The van der Waals surface area contributed by atoms with E-state index in [0.717, 1.165) is 23.4 Å². The first-order valence-corrected chi connectivity index (χ1v) is 7.86. The molecule has 142 valence electrons. The van der Waals surface area contributed by atoms with Crippen LogP contribution in [-0.2, 0) is 12.7 Å². The number of guanidine groups is 1. The number of pyridine rings is 1. The lowest BCUT2D eigenvalue weighted by atomic mass is 10.1. The molecule has 0 aliphatic rings. The van der Waals surface area contributed by atoms with Gasteiger partial charge in [-0.05, 0) is 43.2 Å². The molecule has 0 saturated heterocycles. The number of halogens is 4. The first-order chi connectivity index (χ1) is 11.8. The van der Waals surface area contributed by atoms with Crippen molar-refractivity contribution in [2.24, 2.45) is 4.99 Å². The maximum Gasteiger partial charge on any atom is 0.416 e. The van der Waals surface area contributed by atoms with Gasteiger partial charge >= 0.3 is 6.18 Å². The highest BCUT2D eigenvalue weighted by Gasteiger charge is 2.30. The molecule has 0 aliphatic carbocycles. The smallest absolute Gasteiger partial charge is 0.351 e. The summed E-state index contributed by atoms with van der Waals surface area (Å²) in [5, 5.41) is 6.22. The van der Waals surface area contributed by atoms with Crippen molar-refractivity contribution in [2.45, 2.75) is 32.6 Å². The second-order valence-electron chi connectivity index (χ2n) is 5.68. The zero-order chi connectivity index (χ0) is 18.4. The Balaban J connectivity index is 0.00000338. The average Bonchev–Trinajstić information content (AvgIpc) is 2.59. The molecule has 26 heavy (non-hydrogen) atoms. The Morgan fingerprint density at radius 1 is 1.23 bits per heavy atom. The second kappa shape index (κ2) is 9.75. The fourth-order valence-corrected chi connectivity index (χ4v) is 2.34. The van der Waals surface area contributed by atoms with Gasteiger partial charge in [-0.1, -0.05) is 18.2 Å². The lowest BCUT2D eigenvalue weighted by Crippen LogP contribution is -2.38. The maximum atomic E-state index is 12.8. The molecule has 1 unspecified atom stereocenters. The summed E-state index contributed by atoms with van der Waals surface area (Å²) < 4.78 is 38.5. The van der Waals surface area contributed by atoms with Gasteiger partial charge in [0, 0.05) is 13.2 Å². The normalized spacial score (nSPS) is 12.9. The Labute approximate surface area is 168 Å². The van der Waals surface area contributed by atoms with E-state index < -0.39 is 11.7 Å². The van der Waals surface area contributed by atoms with E-state index in [2.05, 4.69) is 20.6 Å². The summed E-state index contributed by atoms with van der Waals surface area (Å²) in [7, 11) is 1.61. The highest BCUT2D eigenvalue weighted by Crippen LogP contribution is 2.30. The van der Waals surface area contributed by atoms with Gasteiger partial charge in [0.15, 0.2) is 5.96 Å². The lowest BCUT2D eigenvalue weighted by Gasteiger charge is -2.19. The molecule has 1 heterocycles. The van der Waals surface area contributed by atoms with Crippen molar-refractivity contribution < 1.29 is 13.2 Å². The van der Waals surface area contributed by atoms with E-state index in [1.54, 1.807) is 26.2 Å². The Bertz CT molecular complexity index is 747. The predicted octanol–water partition coefficient (Wildman–Crippen LogP) is 4.45. The van der Waals surface area contributed by atoms with Crippen molar-refractivity contribution in [3.8, 4) is 0 Å². The first kappa shape index (κ1) is 22.2. The number of aryl methyl sites for hydroxylation is 1. The summed E-state index contributed by atoms with van der Waals surface area (Å²) in [6.45, 7) is 4.22. The Morgan fingerprint density at radius 3 is 2.58 bits per heavy atom. The zero-order valence-electron chi connectivity index (χ0n) is 14.8. The van der Waals surface area contributed by atoms with Crippen LogP contribution in [-0.4, -0.2) is 18.0 Å². The highest BCUT2D eigenvalue weighted by molar-refractivity contribution is 14.0. The van der Waals surface area contributed by atoms with Crippen LogP contribution >= 0.6 is 24.0 Å². The number of hydrogen-bond acceptors (Lipinski definition) is 2. The van der Waals surface area contributed by atoms with Gasteiger partial charge in [-0.3, -0.25) is 9.98 Å². The van der Waals surface area contributed by atoms with Gasteiger partial charge in [0.1, 0.15) is 0 Å². The summed E-state index contributed by atoms with van der Waals surface area (Å²) in [5.74, 6) is 0.495. The number of hydrogen-bond donors (Lipinski definition) is 2. The molecule has 1 atom stereocenters. The number of benzene rings is 1. The van der Waals surface area contributed by atoms with Crippen molar-refractivity contribution in [1.82, 2.24) is 15.6 Å². The first-order valence-electron chi connectivity index (χ1n) is 7.86. The van der Waals surface area contributed by atoms with Crippen LogP contribution in [0.4, 0.5) is 13.2 Å². The van der Waals surface area contributed by atoms with Gasteiger partial charge in [0.2, 0.25) is 0 Å². The van der Waals surface area contributed by atoms with E-state index in [-0.39, 0.29) is 30.0 Å². The van der Waals surface area contributed by atoms with E-state index >= 15 is 0 Å². The Morgan fingerprint density at radius 2 is 1.96 bits per heavy atom. The average molecular weight is 478 g/mol. The lowest BCUT2D eigenvalue weighted by molar-refractivity contribution is -0.137. The molecule has 0 bridgehead atoms. The largest absolute Gasteiger partial charge is 0.416 e. The Kier molecular flexibility index (Phi) is 8.32. The van der Waals surface area contributed by atoms with Crippen molar-refractivity contribution in [2.75, 3.05) is 7.05 Å². The number of aromatic nitrogens is 1. The molecule has 0 fully saturated rings. The van der Waals surface area contributed by atoms with Crippen LogP contribution in [0.3, 0.4) is 0 Å². The maximum absolute atomic E-state index is 12.8. The summed E-state index contributed by atoms with van der Waals surface area (Å²) in [6, 6.07) is 8.76. The topological polar surface area (TPSA) is 49.3 Å². The standard InChI is InChI=1S/C18H21F3N4.HI/c1-12-6-5-9-23-16(12)11-24-17(22-3)25-13(2)14-7-4-8-15(10-14)18(19,20)21;/h4-10,13H,11H2,1-3H3,(H2,22,24,25);1H. The van der Waals surface area contributed by atoms with Crippen LogP contribution in [0.5, 0.6) is 0 Å². The Hall–Kier alpha value is -1.84. The van der Waals surface area contributed by atoms with Gasteiger partial charge in [-0.25, -0.2) is 0 Å². The van der Waals surface area contributed by atoms with Crippen LogP contribution in [0.15, 0.2) is 47.6 Å². The molecule has 0 saturated carbocycles. The monoisotopic (exact) mass is 478 g/mol. The molecule has 0 radical (unpaired) electrons. The van der Waals surface area contributed by atoms with E-state index in [0.29, 0.717) is 18.1 Å². The van der Waals surface area contributed by atoms with Gasteiger partial charge < -0.3 is 10.6 Å². The second-order valence-corrected chi connectivity index (χ2v) is 5.68. The number of nitrogens with one attached hydrogen (secondary N) is 2. The molecule has 0 spiro atoms. The molecule has 2 aromatic rings. The highest BCUT2D eigenvalue weighted by atomic mass is 127. The zero-order valence-corrected chi connectivity index (χ0v) is 17.1. The molecule has 2 rings (SSSR count). The van der Waals surface area contributed by atoms with Crippen LogP contribution in [0.25, 0.3) is 0 Å². The fourth-order valence-electron chi connectivity index (χ4n) is 2.34. The molecule has 1 aromatic heterocycles. The number of rotatable bonds is 4. The van der Waals surface area contributed by atoms with Crippen molar-refractivity contribution in [3.05, 3.63) is 65.0 Å². The third-order valence-electron chi connectivity index (χ3n) is 3.83. The number of aliphatic imine (C=N–C) groups is 1. The molecule has 0 amide bonds. The number of alkyl halides is 3. The van der Waals surface area contributed by atoms with Crippen LogP contribution in [0.1, 0.15) is 35.3 Å². The summed E-state index contributed by atoms with van der Waals surface area (Å²) in [5.41, 5.74) is 1.81. The van der Waals surface area contributed by atoms with E-state index in [1.165, 1.54) is 6.07 Å². The summed E-state index contributed by atoms with van der Waals surface area (Å²) in [4.78, 5) is 8.40. The minimum absolute atomic E-state index is 0. The molecule has 1 aromatic carbocycles. The molecular formula is C18H22F3IN4. The third kappa shape index (κ3) is 6.15. The molecule has 2 N–H and O–H groups in total. The van der Waals surface area contributed by atoms with Crippen LogP contribution in [0, 0.1) is 6.92 Å². The molecule has 4 nitrogen and oxygen atoms in total. The van der Waals surface area contributed by atoms with Gasteiger partial charge in [-0.15, -0.1) is 24.0 Å². The predicted molar refractivity (Wildman–Crippen MR) is 108 cm³/mol. The van der Waals surface area contributed by atoms with Gasteiger partial charge in [0.05, 0.1) is 23.8 Å².